The van der Waals surface area contributed by atoms with Crippen molar-refractivity contribution in [3.63, 3.8) is 0 Å². The molecule has 1 rings (SSSR count). The van der Waals surface area contributed by atoms with Crippen LogP contribution in [0.4, 0.5) is 0 Å². The molecule has 0 unspecified atom stereocenters. The molecule has 0 aliphatic heterocycles. The molecule has 1 saturated carbocycles. The molecule has 244 valence electrons. The molecule has 1 aliphatic rings. The molecule has 1 fully saturated rings. The Hall–Kier alpha value is -4.22. The van der Waals surface area contributed by atoms with E-state index >= 15 is 0 Å². The molecular weight excluding hydrogens is 576 g/mol. The first kappa shape index (κ1) is 37.8. The molecule has 0 aromatic heterocycles. The summed E-state index contributed by atoms with van der Waals surface area (Å²) in [5.74, 6) is -4.54. The van der Waals surface area contributed by atoms with Crippen LogP contribution in [0, 0.1) is 22.7 Å². The van der Waals surface area contributed by atoms with Crippen molar-refractivity contribution in [3.8, 4) is 0 Å². The van der Waals surface area contributed by atoms with Crippen LogP contribution in [0.25, 0.3) is 0 Å². The summed E-state index contributed by atoms with van der Waals surface area (Å²) in [4.78, 5) is 72.5. The number of ether oxygens (including phenoxy) is 6. The zero-order chi connectivity index (χ0) is 33.2. The molecule has 1 aliphatic carbocycles. The van der Waals surface area contributed by atoms with E-state index in [0.717, 1.165) is 24.3 Å². The number of hydrogen-bond donors (Lipinski definition) is 0. The molecule has 0 atom stereocenters. The van der Waals surface area contributed by atoms with Crippen molar-refractivity contribution in [2.75, 3.05) is 39.6 Å². The molecule has 12 heteroatoms. The first-order chi connectivity index (χ1) is 20.9. The fourth-order valence-electron chi connectivity index (χ4n) is 4.24. The predicted molar refractivity (Wildman–Crippen MR) is 157 cm³/mol. The average molecular weight is 621 g/mol. The fourth-order valence-corrected chi connectivity index (χ4v) is 4.24. The third-order valence-electron chi connectivity index (χ3n) is 7.68. The molecule has 0 aromatic rings. The van der Waals surface area contributed by atoms with Gasteiger partial charge in [0.25, 0.3) is 0 Å². The SMILES string of the molecule is C=CC(=O)OCC(CC)(COC(=O)C=C)COC(=O)C1CCC(C(=O)OCC(CC)(COC(=O)C=C)COC(=O)C=C)CC1. The number of carbonyl (C=O) groups is 6. The van der Waals surface area contributed by atoms with Gasteiger partial charge in [0.1, 0.15) is 39.6 Å². The fraction of sp³-hybridized carbons (Fsp3) is 0.562. The maximum atomic E-state index is 12.9. The van der Waals surface area contributed by atoms with Gasteiger partial charge in [-0.1, -0.05) is 40.2 Å². The van der Waals surface area contributed by atoms with Gasteiger partial charge < -0.3 is 28.4 Å². The van der Waals surface area contributed by atoms with Gasteiger partial charge in [0, 0.05) is 24.3 Å². The Kier molecular flexibility index (Phi) is 16.4. The summed E-state index contributed by atoms with van der Waals surface area (Å²) in [5.41, 5.74) is -1.94. The van der Waals surface area contributed by atoms with Gasteiger partial charge in [0.2, 0.25) is 0 Å². The Morgan fingerprint density at radius 2 is 0.727 bits per heavy atom. The number of hydrogen-bond acceptors (Lipinski definition) is 12. The molecule has 0 spiro atoms. The largest absolute Gasteiger partial charge is 0.465 e. The van der Waals surface area contributed by atoms with Crippen LogP contribution < -0.4 is 0 Å². The number of rotatable bonds is 20. The Bertz CT molecular complexity index is 935. The first-order valence-corrected chi connectivity index (χ1v) is 14.4. The van der Waals surface area contributed by atoms with E-state index in [-0.39, 0.29) is 39.6 Å². The highest BCUT2D eigenvalue weighted by Gasteiger charge is 2.38. The minimum Gasteiger partial charge on any atom is -0.465 e. The highest BCUT2D eigenvalue weighted by molar-refractivity contribution is 5.82. The molecule has 44 heavy (non-hydrogen) atoms. The smallest absolute Gasteiger partial charge is 0.330 e. The summed E-state index contributed by atoms with van der Waals surface area (Å²) in [6.07, 6.45) is 6.25. The molecule has 0 heterocycles. The van der Waals surface area contributed by atoms with Crippen LogP contribution in [0.3, 0.4) is 0 Å². The zero-order valence-corrected chi connectivity index (χ0v) is 25.7. The quantitative estimate of drug-likeness (QED) is 0.111. The summed E-state index contributed by atoms with van der Waals surface area (Å²) < 4.78 is 31.9. The van der Waals surface area contributed by atoms with Crippen LogP contribution >= 0.6 is 0 Å². The second-order valence-electron chi connectivity index (χ2n) is 10.7. The molecular formula is C32H44O12. The lowest BCUT2D eigenvalue weighted by atomic mass is 9.81. The van der Waals surface area contributed by atoms with Crippen LogP contribution in [-0.4, -0.2) is 75.5 Å². The van der Waals surface area contributed by atoms with Gasteiger partial charge in [-0.3, -0.25) is 9.59 Å². The minimum atomic E-state index is -0.972. The maximum Gasteiger partial charge on any atom is 0.330 e. The van der Waals surface area contributed by atoms with Gasteiger partial charge in [0.15, 0.2) is 0 Å². The van der Waals surface area contributed by atoms with E-state index in [1.54, 1.807) is 13.8 Å². The van der Waals surface area contributed by atoms with Gasteiger partial charge >= 0.3 is 35.8 Å². The molecule has 0 N–H and O–H groups in total. The van der Waals surface area contributed by atoms with Crippen LogP contribution in [0.15, 0.2) is 50.6 Å². The van der Waals surface area contributed by atoms with Gasteiger partial charge in [-0.2, -0.15) is 0 Å². The van der Waals surface area contributed by atoms with Crippen molar-refractivity contribution in [1.29, 1.82) is 0 Å². The summed E-state index contributed by atoms with van der Waals surface area (Å²) >= 11 is 0. The van der Waals surface area contributed by atoms with E-state index in [1.165, 1.54) is 0 Å². The van der Waals surface area contributed by atoms with E-state index in [1.807, 2.05) is 0 Å². The molecule has 0 radical (unpaired) electrons. The second kappa shape index (κ2) is 19.1. The number of esters is 6. The van der Waals surface area contributed by atoms with Crippen LogP contribution in [0.5, 0.6) is 0 Å². The molecule has 0 aromatic carbocycles. The molecule has 0 bridgehead atoms. The van der Waals surface area contributed by atoms with Gasteiger partial charge in [0.05, 0.1) is 22.7 Å². The molecule has 0 saturated heterocycles. The van der Waals surface area contributed by atoms with E-state index in [4.69, 9.17) is 28.4 Å². The maximum absolute atomic E-state index is 12.9. The Balaban J connectivity index is 2.77. The van der Waals surface area contributed by atoms with Gasteiger partial charge in [-0.05, 0) is 38.5 Å². The lowest BCUT2D eigenvalue weighted by molar-refractivity contribution is -0.167. The van der Waals surface area contributed by atoms with Crippen molar-refractivity contribution in [2.24, 2.45) is 22.7 Å². The second-order valence-corrected chi connectivity index (χ2v) is 10.7. The van der Waals surface area contributed by atoms with E-state index in [0.29, 0.717) is 38.5 Å². The number of carbonyl (C=O) groups excluding carboxylic acids is 6. The Labute approximate surface area is 258 Å². The highest BCUT2D eigenvalue weighted by atomic mass is 16.6. The predicted octanol–water partition coefficient (Wildman–Crippen LogP) is 3.59. The molecule has 0 amide bonds. The zero-order valence-electron chi connectivity index (χ0n) is 25.7. The van der Waals surface area contributed by atoms with E-state index < -0.39 is 58.5 Å². The van der Waals surface area contributed by atoms with E-state index in [9.17, 15) is 28.8 Å². The Morgan fingerprint density at radius 3 is 0.932 bits per heavy atom. The minimum absolute atomic E-state index is 0.162. The van der Waals surface area contributed by atoms with Crippen molar-refractivity contribution >= 4 is 35.8 Å². The average Bonchev–Trinajstić information content (AvgIpc) is 3.06. The lowest BCUT2D eigenvalue weighted by Crippen LogP contribution is -2.40. The third kappa shape index (κ3) is 12.6. The monoisotopic (exact) mass is 620 g/mol. The summed E-state index contributed by atoms with van der Waals surface area (Å²) in [6.45, 7) is 16.0. The lowest BCUT2D eigenvalue weighted by Gasteiger charge is -2.33. The Morgan fingerprint density at radius 1 is 0.500 bits per heavy atom. The van der Waals surface area contributed by atoms with Gasteiger partial charge in [-0.15, -0.1) is 0 Å². The summed E-state index contributed by atoms with van der Waals surface area (Å²) in [5, 5.41) is 0. The summed E-state index contributed by atoms with van der Waals surface area (Å²) in [7, 11) is 0. The van der Waals surface area contributed by atoms with Crippen molar-refractivity contribution < 1.29 is 57.2 Å². The van der Waals surface area contributed by atoms with Crippen LogP contribution in [0.1, 0.15) is 52.4 Å². The molecule has 12 nitrogen and oxygen atoms in total. The first-order valence-electron chi connectivity index (χ1n) is 14.4. The van der Waals surface area contributed by atoms with Gasteiger partial charge in [-0.25, -0.2) is 19.2 Å². The standard InChI is InChI=1S/C32H44O12/c1-7-25(33)39-17-31(11-5,18-40-26(34)8-2)21-43-29(37)23-13-15-24(16-14-23)30(38)44-22-32(12-6,19-41-27(35)9-3)20-42-28(36)10-4/h7-10,23-24H,1-4,11-22H2,5-6H3. The van der Waals surface area contributed by atoms with Crippen molar-refractivity contribution in [1.82, 2.24) is 0 Å². The third-order valence-corrected chi connectivity index (χ3v) is 7.68. The highest BCUT2D eigenvalue weighted by Crippen LogP contribution is 2.33. The normalized spacial score (nSPS) is 16.3. The van der Waals surface area contributed by atoms with Crippen LogP contribution in [-0.2, 0) is 57.2 Å². The van der Waals surface area contributed by atoms with Crippen molar-refractivity contribution in [2.45, 2.75) is 52.4 Å². The summed E-state index contributed by atoms with van der Waals surface area (Å²) in [6, 6.07) is 0. The van der Waals surface area contributed by atoms with Crippen molar-refractivity contribution in [3.05, 3.63) is 50.6 Å². The van der Waals surface area contributed by atoms with E-state index in [2.05, 4.69) is 26.3 Å². The topological polar surface area (TPSA) is 158 Å². The van der Waals surface area contributed by atoms with Crippen LogP contribution in [0.2, 0.25) is 0 Å².